The lowest BCUT2D eigenvalue weighted by Crippen LogP contribution is -2.28. The summed E-state index contributed by atoms with van der Waals surface area (Å²) in [5, 5.41) is 4.31. The number of hydrogen-bond acceptors (Lipinski definition) is 3. The minimum Gasteiger partial charge on any atom is -0.271 e. The topological polar surface area (TPSA) is 38.0 Å². The summed E-state index contributed by atoms with van der Waals surface area (Å²) in [6.45, 7) is 2.09. The predicted molar refractivity (Wildman–Crippen MR) is 81.6 cm³/mol. The van der Waals surface area contributed by atoms with E-state index in [-0.39, 0.29) is 6.04 Å². The van der Waals surface area contributed by atoms with Gasteiger partial charge in [0.2, 0.25) is 0 Å². The molecular weight excluding hydrogens is 308 g/mol. The van der Waals surface area contributed by atoms with Gasteiger partial charge in [-0.25, -0.2) is 0 Å². The van der Waals surface area contributed by atoms with Gasteiger partial charge in [-0.3, -0.25) is 11.3 Å². The van der Waals surface area contributed by atoms with Gasteiger partial charge in [-0.15, -0.1) is 0 Å². The van der Waals surface area contributed by atoms with Crippen molar-refractivity contribution in [1.82, 2.24) is 5.43 Å². The van der Waals surface area contributed by atoms with Gasteiger partial charge in [-0.1, -0.05) is 28.1 Å². The Hall–Kier alpha value is -0.680. The van der Waals surface area contributed by atoms with Crippen LogP contribution in [0.15, 0.2) is 39.5 Å². The molecular formula is C14H17BrN2S. The molecule has 0 amide bonds. The van der Waals surface area contributed by atoms with Gasteiger partial charge in [-0.05, 0) is 59.3 Å². The molecule has 0 fully saturated rings. The molecule has 1 atom stereocenters. The highest BCUT2D eigenvalue weighted by Gasteiger charge is 2.13. The molecule has 0 aliphatic heterocycles. The number of hydrazine groups is 1. The quantitative estimate of drug-likeness (QED) is 0.645. The van der Waals surface area contributed by atoms with Crippen molar-refractivity contribution in [2.24, 2.45) is 5.84 Å². The van der Waals surface area contributed by atoms with E-state index < -0.39 is 0 Å². The van der Waals surface area contributed by atoms with Crippen molar-refractivity contribution >= 4 is 27.3 Å². The Balaban J connectivity index is 2.08. The maximum atomic E-state index is 5.68. The molecule has 0 bridgehead atoms. The maximum absolute atomic E-state index is 5.68. The van der Waals surface area contributed by atoms with Gasteiger partial charge in [0, 0.05) is 10.5 Å². The predicted octanol–water partition coefficient (Wildman–Crippen LogP) is 3.96. The molecule has 1 aromatic carbocycles. The molecule has 0 saturated heterocycles. The molecule has 96 valence electrons. The third-order valence-corrected chi connectivity index (χ3v) is 4.45. The summed E-state index contributed by atoms with van der Waals surface area (Å²) in [4.78, 5) is 0. The first-order valence-electron chi connectivity index (χ1n) is 5.94. The van der Waals surface area contributed by atoms with Crippen molar-refractivity contribution in [2.75, 3.05) is 0 Å². The van der Waals surface area contributed by atoms with E-state index in [4.69, 9.17) is 5.84 Å². The second-order valence-corrected chi connectivity index (χ2v) is 6.05. The van der Waals surface area contributed by atoms with Crippen molar-refractivity contribution in [2.45, 2.75) is 25.8 Å². The van der Waals surface area contributed by atoms with Crippen LogP contribution in [-0.4, -0.2) is 0 Å². The smallest absolute Gasteiger partial charge is 0.0474 e. The van der Waals surface area contributed by atoms with Crippen molar-refractivity contribution in [1.29, 1.82) is 0 Å². The SMILES string of the molecule is Cc1ccc(C(CCc2ccsc2)NN)c(Br)c1. The monoisotopic (exact) mass is 324 g/mol. The van der Waals surface area contributed by atoms with E-state index in [9.17, 15) is 0 Å². The summed E-state index contributed by atoms with van der Waals surface area (Å²) in [7, 11) is 0. The molecule has 0 saturated carbocycles. The number of nitrogens with two attached hydrogens (primary N) is 1. The third kappa shape index (κ3) is 3.42. The van der Waals surface area contributed by atoms with Crippen LogP contribution >= 0.6 is 27.3 Å². The van der Waals surface area contributed by atoms with E-state index in [1.54, 1.807) is 11.3 Å². The zero-order chi connectivity index (χ0) is 13.0. The minimum absolute atomic E-state index is 0.180. The van der Waals surface area contributed by atoms with Gasteiger partial charge in [0.05, 0.1) is 0 Å². The van der Waals surface area contributed by atoms with Crippen LogP contribution in [0.1, 0.15) is 29.2 Å². The Kier molecular flexibility index (Phi) is 4.95. The summed E-state index contributed by atoms with van der Waals surface area (Å²) in [6.07, 6.45) is 2.04. The van der Waals surface area contributed by atoms with E-state index in [0.29, 0.717) is 0 Å². The lowest BCUT2D eigenvalue weighted by atomic mass is 10.00. The van der Waals surface area contributed by atoms with E-state index in [0.717, 1.165) is 17.3 Å². The number of benzene rings is 1. The van der Waals surface area contributed by atoms with Crippen LogP contribution in [0.4, 0.5) is 0 Å². The summed E-state index contributed by atoms with van der Waals surface area (Å²) >= 11 is 5.35. The zero-order valence-electron chi connectivity index (χ0n) is 10.3. The van der Waals surface area contributed by atoms with Crippen molar-refractivity contribution < 1.29 is 0 Å². The van der Waals surface area contributed by atoms with E-state index in [1.807, 2.05) is 0 Å². The summed E-state index contributed by atoms with van der Waals surface area (Å²) in [6, 6.07) is 8.74. The fourth-order valence-corrected chi connectivity index (χ4v) is 3.46. The first-order chi connectivity index (χ1) is 8.70. The second-order valence-electron chi connectivity index (χ2n) is 4.41. The summed E-state index contributed by atoms with van der Waals surface area (Å²) in [5.41, 5.74) is 6.76. The molecule has 1 unspecified atom stereocenters. The molecule has 0 radical (unpaired) electrons. The van der Waals surface area contributed by atoms with Gasteiger partial charge in [0.25, 0.3) is 0 Å². The normalized spacial score (nSPS) is 12.6. The molecule has 3 N–H and O–H groups in total. The van der Waals surface area contributed by atoms with E-state index in [1.165, 1.54) is 16.7 Å². The van der Waals surface area contributed by atoms with Gasteiger partial charge >= 0.3 is 0 Å². The molecule has 0 aliphatic rings. The van der Waals surface area contributed by atoms with Crippen LogP contribution < -0.4 is 11.3 Å². The number of rotatable bonds is 5. The fraction of sp³-hybridized carbons (Fsp3) is 0.286. The second kappa shape index (κ2) is 6.48. The molecule has 0 aliphatic carbocycles. The average Bonchev–Trinajstić information content (AvgIpc) is 2.85. The van der Waals surface area contributed by atoms with Crippen LogP contribution in [0.25, 0.3) is 0 Å². The average molecular weight is 325 g/mol. The van der Waals surface area contributed by atoms with Gasteiger partial charge in [0.15, 0.2) is 0 Å². The van der Waals surface area contributed by atoms with Gasteiger partial charge in [-0.2, -0.15) is 11.3 Å². The molecule has 2 aromatic rings. The maximum Gasteiger partial charge on any atom is 0.0474 e. The van der Waals surface area contributed by atoms with E-state index >= 15 is 0 Å². The standard InChI is InChI=1S/C14H17BrN2S/c1-10-2-4-12(13(15)8-10)14(17-16)5-3-11-6-7-18-9-11/h2,4,6-9,14,17H,3,5,16H2,1H3. The Labute approximate surface area is 120 Å². The molecule has 2 rings (SSSR count). The number of halogens is 1. The van der Waals surface area contributed by atoms with Crippen LogP contribution in [0, 0.1) is 6.92 Å². The zero-order valence-corrected chi connectivity index (χ0v) is 12.7. The lowest BCUT2D eigenvalue weighted by Gasteiger charge is -2.18. The number of nitrogens with one attached hydrogen (secondary N) is 1. The number of hydrogen-bond donors (Lipinski definition) is 2. The minimum atomic E-state index is 0.180. The molecule has 2 nitrogen and oxygen atoms in total. The fourth-order valence-electron chi connectivity index (χ4n) is 1.99. The molecule has 1 aromatic heterocycles. The van der Waals surface area contributed by atoms with Crippen LogP contribution in [0.2, 0.25) is 0 Å². The third-order valence-electron chi connectivity index (χ3n) is 3.03. The largest absolute Gasteiger partial charge is 0.271 e. The van der Waals surface area contributed by atoms with E-state index in [2.05, 4.69) is 63.3 Å². The lowest BCUT2D eigenvalue weighted by molar-refractivity contribution is 0.515. The van der Waals surface area contributed by atoms with Crippen LogP contribution in [0.5, 0.6) is 0 Å². The molecule has 0 spiro atoms. The van der Waals surface area contributed by atoms with Gasteiger partial charge in [0.1, 0.15) is 0 Å². The molecule has 1 heterocycles. The Bertz CT molecular complexity index is 497. The Morgan fingerprint density at radius 3 is 2.83 bits per heavy atom. The van der Waals surface area contributed by atoms with Crippen molar-refractivity contribution in [3.8, 4) is 0 Å². The van der Waals surface area contributed by atoms with Crippen LogP contribution in [-0.2, 0) is 6.42 Å². The summed E-state index contributed by atoms with van der Waals surface area (Å²) < 4.78 is 1.12. The number of thiophene rings is 1. The first kappa shape index (κ1) is 13.7. The molecule has 18 heavy (non-hydrogen) atoms. The van der Waals surface area contributed by atoms with Crippen molar-refractivity contribution in [3.63, 3.8) is 0 Å². The van der Waals surface area contributed by atoms with Crippen molar-refractivity contribution in [3.05, 3.63) is 56.2 Å². The first-order valence-corrected chi connectivity index (χ1v) is 7.67. The Morgan fingerprint density at radius 1 is 1.39 bits per heavy atom. The highest BCUT2D eigenvalue weighted by molar-refractivity contribution is 9.10. The highest BCUT2D eigenvalue weighted by Crippen LogP contribution is 2.27. The van der Waals surface area contributed by atoms with Crippen LogP contribution in [0.3, 0.4) is 0 Å². The number of aryl methyl sites for hydroxylation is 2. The summed E-state index contributed by atoms with van der Waals surface area (Å²) in [5.74, 6) is 5.68. The highest BCUT2D eigenvalue weighted by atomic mass is 79.9. The van der Waals surface area contributed by atoms with Gasteiger partial charge < -0.3 is 0 Å². The molecule has 4 heteroatoms. The Morgan fingerprint density at radius 2 is 2.22 bits per heavy atom.